The van der Waals surface area contributed by atoms with Gasteiger partial charge >= 0.3 is 6.03 Å². The minimum Gasteiger partial charge on any atom is -0.361 e. The van der Waals surface area contributed by atoms with Gasteiger partial charge < -0.3 is 41.8 Å². The van der Waals surface area contributed by atoms with Crippen LogP contribution in [0.4, 0.5) is 4.79 Å². The lowest BCUT2D eigenvalue weighted by Gasteiger charge is -2.32. The van der Waals surface area contributed by atoms with E-state index in [1.807, 2.05) is 61.5 Å². The lowest BCUT2D eigenvalue weighted by atomic mass is 10.0. The Labute approximate surface area is 327 Å². The first-order valence-corrected chi connectivity index (χ1v) is 19.8. The Kier molecular flexibility index (Phi) is 17.3. The molecule has 1 aliphatic heterocycles. The van der Waals surface area contributed by atoms with Crippen molar-refractivity contribution in [2.24, 2.45) is 5.73 Å². The molecule has 1 aromatic heterocycles. The number of amides is 7. The van der Waals surface area contributed by atoms with Gasteiger partial charge in [-0.05, 0) is 68.6 Å². The van der Waals surface area contributed by atoms with Gasteiger partial charge in [0.2, 0.25) is 29.5 Å². The molecule has 0 bridgehead atoms. The highest BCUT2D eigenvalue weighted by molar-refractivity contribution is 6.27. The van der Waals surface area contributed by atoms with Gasteiger partial charge in [-0.25, -0.2) is 4.79 Å². The van der Waals surface area contributed by atoms with Crippen LogP contribution in [0.1, 0.15) is 69.4 Å². The van der Waals surface area contributed by atoms with Crippen LogP contribution in [0.15, 0.2) is 60.8 Å². The predicted octanol–water partition coefficient (Wildman–Crippen LogP) is 3.13. The Bertz CT molecular complexity index is 1730. The number of hydrogen-bond donors (Lipinski definition) is 6. The molecule has 0 radical (unpaired) electrons. The van der Waals surface area contributed by atoms with E-state index in [2.05, 4.69) is 26.3 Å². The van der Waals surface area contributed by atoms with E-state index in [1.54, 1.807) is 11.1 Å². The molecule has 2 heterocycles. The zero-order chi connectivity index (χ0) is 39.6. The molecular weight excluding hydrogens is 724 g/mol. The molecule has 3 aromatic rings. The van der Waals surface area contributed by atoms with E-state index < -0.39 is 47.8 Å². The molecule has 7 N–H and O–H groups in total. The number of alkyl halides is 1. The standard InChI is InChI=1S/C40H55ClN8O6/c1-2-3-21-49(39(54)33(45-35(50)25-41)19-18-28-13-6-4-7-14-28)27-36(51)46-34(24-29-26-44-31-16-9-8-15-30(29)31)37(52)47-32(17-12-20-43-40(42)55)38(53)48-22-10-5-11-23-48/h4,6-9,13-16,26,32-34,44H,2-3,5,10-12,17-25,27H2,1H3,(H,45,50)(H,46,51)(H,47,52)(H3,42,43,55)/t32-,33-,34-/m0/s1. The molecule has 3 atom stereocenters. The third kappa shape index (κ3) is 13.6. The van der Waals surface area contributed by atoms with Crippen LogP contribution in [-0.4, -0.2) is 107 Å². The van der Waals surface area contributed by atoms with Gasteiger partial charge in [-0.1, -0.05) is 61.9 Å². The third-order valence-electron chi connectivity index (χ3n) is 9.75. The fourth-order valence-electron chi connectivity index (χ4n) is 6.81. The number of aryl methyl sites for hydroxylation is 1. The largest absolute Gasteiger partial charge is 0.361 e. The van der Waals surface area contributed by atoms with E-state index in [0.29, 0.717) is 38.8 Å². The summed E-state index contributed by atoms with van der Waals surface area (Å²) in [5.74, 6) is -2.59. The number of nitrogens with two attached hydrogens (primary N) is 1. The molecule has 1 fully saturated rings. The number of benzene rings is 2. The number of H-pyrrole nitrogens is 1. The average Bonchev–Trinajstić information content (AvgIpc) is 3.61. The Hall–Kier alpha value is -5.11. The average molecular weight is 779 g/mol. The second kappa shape index (κ2) is 22.3. The van der Waals surface area contributed by atoms with Crippen molar-refractivity contribution < 1.29 is 28.8 Å². The minimum absolute atomic E-state index is 0.101. The lowest BCUT2D eigenvalue weighted by molar-refractivity contribution is -0.140. The summed E-state index contributed by atoms with van der Waals surface area (Å²) in [6, 6.07) is 13.6. The van der Waals surface area contributed by atoms with Crippen molar-refractivity contribution in [3.05, 3.63) is 71.9 Å². The molecule has 0 saturated carbocycles. The van der Waals surface area contributed by atoms with E-state index >= 15 is 0 Å². The number of fused-ring (bicyclic) bond motifs is 1. The first kappa shape index (κ1) is 42.6. The molecule has 14 nitrogen and oxygen atoms in total. The molecule has 4 rings (SSSR count). The SMILES string of the molecule is CCCCN(CC(=O)N[C@@H](Cc1c[nH]c2ccccc12)C(=O)N[C@@H](CCCNC(N)=O)C(=O)N1CCCCC1)C(=O)[C@H](CCc1ccccc1)NC(=O)CCl. The van der Waals surface area contributed by atoms with Gasteiger partial charge in [-0.2, -0.15) is 0 Å². The van der Waals surface area contributed by atoms with Gasteiger partial charge in [0.05, 0.1) is 6.54 Å². The van der Waals surface area contributed by atoms with Crippen LogP contribution in [0.5, 0.6) is 0 Å². The van der Waals surface area contributed by atoms with E-state index in [-0.39, 0.29) is 44.3 Å². The number of nitrogens with zero attached hydrogens (tertiary/aromatic N) is 2. The molecule has 15 heteroatoms. The normalized spacial score (nSPS) is 14.3. The number of hydrogen-bond acceptors (Lipinski definition) is 6. The Morgan fingerprint density at radius 3 is 2.27 bits per heavy atom. The highest BCUT2D eigenvalue weighted by Gasteiger charge is 2.32. The second-order valence-electron chi connectivity index (χ2n) is 14.0. The van der Waals surface area contributed by atoms with Crippen molar-refractivity contribution in [3.8, 4) is 0 Å². The van der Waals surface area contributed by atoms with Crippen molar-refractivity contribution >= 4 is 58.1 Å². The highest BCUT2D eigenvalue weighted by atomic mass is 35.5. The summed E-state index contributed by atoms with van der Waals surface area (Å²) in [6.07, 6.45) is 7.43. The number of aromatic amines is 1. The third-order valence-corrected chi connectivity index (χ3v) is 9.99. The van der Waals surface area contributed by atoms with Crippen LogP contribution in [0, 0.1) is 0 Å². The maximum atomic E-state index is 14.2. The van der Waals surface area contributed by atoms with Crippen LogP contribution in [-0.2, 0) is 36.8 Å². The number of rotatable bonds is 21. The summed E-state index contributed by atoms with van der Waals surface area (Å²) in [4.78, 5) is 86.0. The number of carbonyl (C=O) groups excluding carboxylic acids is 6. The number of unbranched alkanes of at least 4 members (excludes halogenated alkanes) is 1. The fourth-order valence-corrected chi connectivity index (χ4v) is 6.88. The summed E-state index contributed by atoms with van der Waals surface area (Å²) in [5, 5.41) is 11.9. The summed E-state index contributed by atoms with van der Waals surface area (Å²) in [5.41, 5.74) is 7.87. The topological polar surface area (TPSA) is 199 Å². The summed E-state index contributed by atoms with van der Waals surface area (Å²) in [6.45, 7) is 3.26. The second-order valence-corrected chi connectivity index (χ2v) is 14.2. The number of piperidine rings is 1. The fraction of sp³-hybridized carbons (Fsp3) is 0.500. The van der Waals surface area contributed by atoms with Crippen LogP contribution in [0.2, 0.25) is 0 Å². The monoisotopic (exact) mass is 778 g/mol. The first-order valence-electron chi connectivity index (χ1n) is 19.2. The molecule has 7 amide bonds. The zero-order valence-corrected chi connectivity index (χ0v) is 32.4. The maximum Gasteiger partial charge on any atom is 0.312 e. The first-order chi connectivity index (χ1) is 26.6. The number of primary amides is 1. The molecule has 0 spiro atoms. The van der Waals surface area contributed by atoms with E-state index in [1.165, 1.54) is 4.90 Å². The summed E-state index contributed by atoms with van der Waals surface area (Å²) >= 11 is 5.81. The van der Waals surface area contributed by atoms with Gasteiger partial charge in [-0.3, -0.25) is 24.0 Å². The number of nitrogens with one attached hydrogen (secondary N) is 5. The van der Waals surface area contributed by atoms with Gasteiger partial charge in [-0.15, -0.1) is 11.6 Å². The number of likely N-dealkylation sites (tertiary alicyclic amines) is 1. The van der Waals surface area contributed by atoms with Gasteiger partial charge in [0.25, 0.3) is 0 Å². The smallest absolute Gasteiger partial charge is 0.312 e. The van der Waals surface area contributed by atoms with Crippen molar-refractivity contribution in [2.45, 2.75) is 89.3 Å². The van der Waals surface area contributed by atoms with Gasteiger partial charge in [0, 0.05) is 49.7 Å². The van der Waals surface area contributed by atoms with Crippen molar-refractivity contribution in [1.29, 1.82) is 0 Å². The van der Waals surface area contributed by atoms with Crippen LogP contribution >= 0.6 is 11.6 Å². The number of aromatic nitrogens is 1. The molecule has 2 aromatic carbocycles. The highest BCUT2D eigenvalue weighted by Crippen LogP contribution is 2.20. The Balaban J connectivity index is 1.56. The van der Waals surface area contributed by atoms with E-state index in [9.17, 15) is 28.8 Å². The number of urea groups is 1. The van der Waals surface area contributed by atoms with Crippen molar-refractivity contribution in [3.63, 3.8) is 0 Å². The molecule has 1 saturated heterocycles. The number of para-hydroxylation sites is 1. The number of halogens is 1. The maximum absolute atomic E-state index is 14.2. The summed E-state index contributed by atoms with van der Waals surface area (Å²) < 4.78 is 0. The van der Waals surface area contributed by atoms with Crippen LogP contribution < -0.4 is 27.0 Å². The van der Waals surface area contributed by atoms with Crippen LogP contribution in [0.25, 0.3) is 10.9 Å². The van der Waals surface area contributed by atoms with Crippen molar-refractivity contribution in [2.75, 3.05) is 38.6 Å². The molecule has 1 aliphatic rings. The molecule has 0 unspecified atom stereocenters. The van der Waals surface area contributed by atoms with Crippen molar-refractivity contribution in [1.82, 2.24) is 36.1 Å². The van der Waals surface area contributed by atoms with Gasteiger partial charge in [0.1, 0.15) is 24.0 Å². The molecule has 0 aliphatic carbocycles. The number of carbonyl (C=O) groups is 6. The lowest BCUT2D eigenvalue weighted by Crippen LogP contribution is -2.57. The van der Waals surface area contributed by atoms with E-state index in [0.717, 1.165) is 47.7 Å². The zero-order valence-electron chi connectivity index (χ0n) is 31.6. The van der Waals surface area contributed by atoms with Crippen LogP contribution in [0.3, 0.4) is 0 Å². The Morgan fingerprint density at radius 1 is 0.855 bits per heavy atom. The predicted molar refractivity (Wildman–Crippen MR) is 212 cm³/mol. The minimum atomic E-state index is -1.11. The quantitative estimate of drug-likeness (QED) is 0.0709. The molecule has 55 heavy (non-hydrogen) atoms. The summed E-state index contributed by atoms with van der Waals surface area (Å²) in [7, 11) is 0. The molecule has 298 valence electrons. The van der Waals surface area contributed by atoms with E-state index in [4.69, 9.17) is 17.3 Å². The Morgan fingerprint density at radius 2 is 1.56 bits per heavy atom. The molecular formula is C40H55ClN8O6. The van der Waals surface area contributed by atoms with Gasteiger partial charge in [0.15, 0.2) is 0 Å².